The molecule has 0 heterocycles. The Labute approximate surface area is 152 Å². The summed E-state index contributed by atoms with van der Waals surface area (Å²) in [4.78, 5) is 35.6. The number of hydrogen-bond acceptors (Lipinski definition) is 4. The number of methoxy groups -OCH3 is 1. The molecule has 0 radical (unpaired) electrons. The number of aldehydes is 1. The molecule has 0 spiro atoms. The van der Waals surface area contributed by atoms with Gasteiger partial charge in [-0.05, 0) is 24.6 Å². The van der Waals surface area contributed by atoms with E-state index in [4.69, 9.17) is 4.74 Å². The van der Waals surface area contributed by atoms with Crippen LogP contribution in [-0.2, 0) is 14.3 Å². The van der Waals surface area contributed by atoms with Crippen molar-refractivity contribution in [1.82, 2.24) is 10.6 Å². The number of aryl methyl sites for hydroxylation is 1. The van der Waals surface area contributed by atoms with Crippen molar-refractivity contribution in [2.75, 3.05) is 13.7 Å². The monoisotopic (exact) mass is 354 g/mol. The predicted octanol–water partition coefficient (Wildman–Crippen LogP) is 1.80. The SMILES string of the molecule is COC(c1ccccc1)C(C=O)NC(=O)CNC(=O)c1ccc(C)cc1. The van der Waals surface area contributed by atoms with Crippen molar-refractivity contribution >= 4 is 18.1 Å². The van der Waals surface area contributed by atoms with Gasteiger partial charge in [-0.15, -0.1) is 0 Å². The Morgan fingerprint density at radius 1 is 1.08 bits per heavy atom. The maximum Gasteiger partial charge on any atom is 0.251 e. The van der Waals surface area contributed by atoms with Crippen molar-refractivity contribution in [3.05, 3.63) is 71.3 Å². The largest absolute Gasteiger partial charge is 0.374 e. The van der Waals surface area contributed by atoms with E-state index in [1.54, 1.807) is 12.1 Å². The quantitative estimate of drug-likeness (QED) is 0.708. The van der Waals surface area contributed by atoms with Crippen LogP contribution in [0.4, 0.5) is 0 Å². The second-order valence-electron chi connectivity index (χ2n) is 5.85. The van der Waals surface area contributed by atoms with Crippen LogP contribution in [0.1, 0.15) is 27.6 Å². The van der Waals surface area contributed by atoms with Crippen LogP contribution in [0.3, 0.4) is 0 Å². The van der Waals surface area contributed by atoms with E-state index < -0.39 is 18.1 Å². The van der Waals surface area contributed by atoms with Crippen LogP contribution in [-0.4, -0.2) is 37.8 Å². The summed E-state index contributed by atoms with van der Waals surface area (Å²) >= 11 is 0. The molecule has 0 aliphatic carbocycles. The number of carbonyl (C=O) groups excluding carboxylic acids is 3. The van der Waals surface area contributed by atoms with E-state index in [0.29, 0.717) is 11.8 Å². The molecule has 26 heavy (non-hydrogen) atoms. The van der Waals surface area contributed by atoms with Gasteiger partial charge in [0.2, 0.25) is 5.91 Å². The van der Waals surface area contributed by atoms with Crippen molar-refractivity contribution in [3.8, 4) is 0 Å². The predicted molar refractivity (Wildman–Crippen MR) is 97.7 cm³/mol. The van der Waals surface area contributed by atoms with Crippen molar-refractivity contribution in [1.29, 1.82) is 0 Å². The first-order valence-electron chi connectivity index (χ1n) is 8.22. The summed E-state index contributed by atoms with van der Waals surface area (Å²) in [5.41, 5.74) is 2.28. The second-order valence-corrected chi connectivity index (χ2v) is 5.85. The average Bonchev–Trinajstić information content (AvgIpc) is 2.67. The van der Waals surface area contributed by atoms with E-state index >= 15 is 0 Å². The summed E-state index contributed by atoms with van der Waals surface area (Å²) in [6, 6.07) is 15.3. The van der Waals surface area contributed by atoms with E-state index in [2.05, 4.69) is 10.6 Å². The number of rotatable bonds is 8. The molecule has 0 aliphatic heterocycles. The first kappa shape index (κ1) is 19.3. The van der Waals surface area contributed by atoms with Gasteiger partial charge in [0.05, 0.1) is 6.54 Å². The van der Waals surface area contributed by atoms with Crippen LogP contribution in [0.15, 0.2) is 54.6 Å². The Kier molecular flexibility index (Phi) is 7.05. The molecule has 2 N–H and O–H groups in total. The van der Waals surface area contributed by atoms with E-state index in [9.17, 15) is 14.4 Å². The second kappa shape index (κ2) is 9.48. The molecule has 6 heteroatoms. The van der Waals surface area contributed by atoms with E-state index in [0.717, 1.165) is 11.1 Å². The maximum atomic E-state index is 12.1. The summed E-state index contributed by atoms with van der Waals surface area (Å²) in [5, 5.41) is 5.12. The molecule has 0 bridgehead atoms. The van der Waals surface area contributed by atoms with E-state index in [-0.39, 0.29) is 12.5 Å². The zero-order chi connectivity index (χ0) is 18.9. The van der Waals surface area contributed by atoms with Crippen LogP contribution in [0.2, 0.25) is 0 Å². The topological polar surface area (TPSA) is 84.5 Å². The zero-order valence-electron chi connectivity index (χ0n) is 14.8. The van der Waals surface area contributed by atoms with Crippen molar-refractivity contribution in [2.45, 2.75) is 19.1 Å². The molecule has 136 valence electrons. The van der Waals surface area contributed by atoms with Crippen LogP contribution in [0.25, 0.3) is 0 Å². The number of nitrogens with one attached hydrogen (secondary N) is 2. The van der Waals surface area contributed by atoms with Crippen molar-refractivity contribution in [3.63, 3.8) is 0 Å². The van der Waals surface area contributed by atoms with Gasteiger partial charge in [-0.2, -0.15) is 0 Å². The third-order valence-corrected chi connectivity index (χ3v) is 3.91. The third-order valence-electron chi connectivity index (χ3n) is 3.91. The smallest absolute Gasteiger partial charge is 0.251 e. The van der Waals surface area contributed by atoms with E-state index in [1.165, 1.54) is 7.11 Å². The van der Waals surface area contributed by atoms with Gasteiger partial charge in [0.25, 0.3) is 5.91 Å². The summed E-state index contributed by atoms with van der Waals surface area (Å²) in [6.07, 6.45) is 0.0198. The molecular formula is C20H22N2O4. The summed E-state index contributed by atoms with van der Waals surface area (Å²) in [7, 11) is 1.47. The summed E-state index contributed by atoms with van der Waals surface area (Å²) in [6.45, 7) is 1.69. The number of ether oxygens (including phenoxy) is 1. The lowest BCUT2D eigenvalue weighted by Crippen LogP contribution is -2.45. The van der Waals surface area contributed by atoms with Gasteiger partial charge in [0.15, 0.2) is 0 Å². The molecule has 2 rings (SSSR count). The van der Waals surface area contributed by atoms with Gasteiger partial charge >= 0.3 is 0 Å². The Morgan fingerprint density at radius 3 is 2.31 bits per heavy atom. The number of benzene rings is 2. The molecule has 0 saturated carbocycles. The van der Waals surface area contributed by atoms with Crippen LogP contribution >= 0.6 is 0 Å². The Balaban J connectivity index is 1.93. The fourth-order valence-corrected chi connectivity index (χ4v) is 2.52. The number of hydrogen-bond donors (Lipinski definition) is 2. The molecule has 6 nitrogen and oxygen atoms in total. The molecule has 0 aliphatic rings. The molecule has 2 atom stereocenters. The highest BCUT2D eigenvalue weighted by Gasteiger charge is 2.24. The number of carbonyl (C=O) groups is 3. The fourth-order valence-electron chi connectivity index (χ4n) is 2.52. The molecular weight excluding hydrogens is 332 g/mol. The minimum atomic E-state index is -0.855. The molecule has 0 saturated heterocycles. The first-order valence-corrected chi connectivity index (χ1v) is 8.22. The van der Waals surface area contributed by atoms with Crippen molar-refractivity contribution < 1.29 is 19.1 Å². The third kappa shape index (κ3) is 5.26. The lowest BCUT2D eigenvalue weighted by molar-refractivity contribution is -0.125. The molecule has 0 aromatic heterocycles. The molecule has 0 fully saturated rings. The van der Waals surface area contributed by atoms with Crippen LogP contribution in [0, 0.1) is 6.92 Å². The van der Waals surface area contributed by atoms with Gasteiger partial charge in [-0.1, -0.05) is 48.0 Å². The molecule has 2 aromatic rings. The summed E-state index contributed by atoms with van der Waals surface area (Å²) in [5.74, 6) is -0.824. The zero-order valence-corrected chi connectivity index (χ0v) is 14.8. The molecule has 2 aromatic carbocycles. The Morgan fingerprint density at radius 2 is 1.73 bits per heavy atom. The Bertz CT molecular complexity index is 744. The Hall–Kier alpha value is -2.99. The van der Waals surface area contributed by atoms with Gasteiger partial charge in [-0.3, -0.25) is 9.59 Å². The fraction of sp³-hybridized carbons (Fsp3) is 0.250. The van der Waals surface area contributed by atoms with Gasteiger partial charge in [0, 0.05) is 12.7 Å². The van der Waals surface area contributed by atoms with Gasteiger partial charge < -0.3 is 20.2 Å². The normalized spacial score (nSPS) is 12.7. The lowest BCUT2D eigenvalue weighted by atomic mass is 10.0. The van der Waals surface area contributed by atoms with Crippen molar-refractivity contribution in [2.24, 2.45) is 0 Å². The first-order chi connectivity index (χ1) is 12.5. The van der Waals surface area contributed by atoms with Crippen LogP contribution in [0.5, 0.6) is 0 Å². The molecule has 2 amide bonds. The van der Waals surface area contributed by atoms with Gasteiger partial charge in [-0.25, -0.2) is 0 Å². The average molecular weight is 354 g/mol. The highest BCUT2D eigenvalue weighted by atomic mass is 16.5. The highest BCUT2D eigenvalue weighted by Crippen LogP contribution is 2.19. The number of amides is 2. The summed E-state index contributed by atoms with van der Waals surface area (Å²) < 4.78 is 5.36. The minimum Gasteiger partial charge on any atom is -0.374 e. The standard InChI is InChI=1S/C20H22N2O4/c1-14-8-10-16(11-9-14)20(25)21-12-18(24)22-17(13-23)19(26-2)15-6-4-3-5-7-15/h3-11,13,17,19H,12H2,1-2H3,(H,21,25)(H,22,24). The molecule has 2 unspecified atom stereocenters. The lowest BCUT2D eigenvalue weighted by Gasteiger charge is -2.23. The van der Waals surface area contributed by atoms with Gasteiger partial charge in [0.1, 0.15) is 18.4 Å². The van der Waals surface area contributed by atoms with Crippen LogP contribution < -0.4 is 10.6 Å². The van der Waals surface area contributed by atoms with E-state index in [1.807, 2.05) is 49.4 Å². The minimum absolute atomic E-state index is 0.234. The highest BCUT2D eigenvalue weighted by molar-refractivity contribution is 5.96. The maximum absolute atomic E-state index is 12.1.